The molecule has 0 radical (unpaired) electrons. The van der Waals surface area contributed by atoms with Crippen LogP contribution < -0.4 is 10.6 Å². The minimum atomic E-state index is -0.948. The number of anilines is 2. The summed E-state index contributed by atoms with van der Waals surface area (Å²) in [5.74, 6) is -1.39. The van der Waals surface area contributed by atoms with E-state index in [9.17, 15) is 19.3 Å². The molecule has 0 aliphatic rings. The molecule has 0 saturated heterocycles. The molecule has 2 aromatic carbocycles. The minimum Gasteiger partial charge on any atom is -0.376 e. The van der Waals surface area contributed by atoms with Crippen molar-refractivity contribution in [3.8, 4) is 0 Å². The van der Waals surface area contributed by atoms with Gasteiger partial charge in [0.15, 0.2) is 0 Å². The van der Waals surface area contributed by atoms with Gasteiger partial charge in [0, 0.05) is 11.8 Å². The van der Waals surface area contributed by atoms with Crippen LogP contribution in [0, 0.1) is 15.9 Å². The predicted molar refractivity (Wildman–Crippen MR) is 86.6 cm³/mol. The second-order valence-corrected chi connectivity index (χ2v) is 5.21. The van der Waals surface area contributed by atoms with Crippen LogP contribution in [-0.2, 0) is 4.79 Å². The first-order valence-electron chi connectivity index (χ1n) is 6.30. The minimum absolute atomic E-state index is 0.189. The molecule has 2 N–H and O–H groups in total. The lowest BCUT2D eigenvalue weighted by Crippen LogP contribution is -2.22. The third kappa shape index (κ3) is 4.30. The summed E-state index contributed by atoms with van der Waals surface area (Å²) in [6.07, 6.45) is 0. The van der Waals surface area contributed by atoms with Crippen molar-refractivity contribution in [2.24, 2.45) is 0 Å². The van der Waals surface area contributed by atoms with Gasteiger partial charge < -0.3 is 10.6 Å². The van der Waals surface area contributed by atoms with E-state index < -0.39 is 22.3 Å². The molecule has 0 spiro atoms. The number of nitro benzene ring substituents is 1. The van der Waals surface area contributed by atoms with Gasteiger partial charge >= 0.3 is 5.69 Å². The van der Waals surface area contributed by atoms with Gasteiger partial charge in [0.2, 0.25) is 11.7 Å². The average molecular weight is 358 g/mol. The van der Waals surface area contributed by atoms with Crippen molar-refractivity contribution in [1.29, 1.82) is 0 Å². The largest absolute Gasteiger partial charge is 0.376 e. The summed E-state index contributed by atoms with van der Waals surface area (Å²) in [6.45, 7) is -0.189. The van der Waals surface area contributed by atoms with Crippen LogP contribution in [0.1, 0.15) is 0 Å². The third-order valence-corrected chi connectivity index (χ3v) is 3.64. The number of nitrogens with one attached hydrogen (secondary N) is 2. The molecule has 0 aliphatic carbocycles. The molecule has 120 valence electrons. The Morgan fingerprint density at radius 1 is 1.26 bits per heavy atom. The molecule has 9 heteroatoms. The van der Waals surface area contributed by atoms with Crippen molar-refractivity contribution < 1.29 is 14.1 Å². The summed E-state index contributed by atoms with van der Waals surface area (Å²) in [4.78, 5) is 21.7. The van der Waals surface area contributed by atoms with Gasteiger partial charge in [0.25, 0.3) is 0 Å². The molecule has 2 aromatic rings. The fraction of sp³-hybridized carbons (Fsp3) is 0.0714. The SMILES string of the molecule is O=C(CNc1ccc(F)c([N+](=O)[O-])c1)Nc1cccc(Cl)c1Cl. The maximum Gasteiger partial charge on any atom is 0.306 e. The maximum absolute atomic E-state index is 13.2. The summed E-state index contributed by atoms with van der Waals surface area (Å²) in [5.41, 5.74) is -0.0882. The zero-order valence-corrected chi connectivity index (χ0v) is 13.0. The van der Waals surface area contributed by atoms with Crippen LogP contribution >= 0.6 is 23.2 Å². The molecule has 23 heavy (non-hydrogen) atoms. The Morgan fingerprint density at radius 2 is 2.00 bits per heavy atom. The van der Waals surface area contributed by atoms with Crippen LogP contribution in [0.3, 0.4) is 0 Å². The standard InChI is InChI=1S/C14H10Cl2FN3O3/c15-9-2-1-3-11(14(9)16)19-13(21)7-18-8-4-5-10(17)12(6-8)20(22)23/h1-6,18H,7H2,(H,19,21). The number of benzene rings is 2. The van der Waals surface area contributed by atoms with Gasteiger partial charge in [-0.15, -0.1) is 0 Å². The highest BCUT2D eigenvalue weighted by atomic mass is 35.5. The van der Waals surface area contributed by atoms with Crippen molar-refractivity contribution >= 4 is 46.2 Å². The van der Waals surface area contributed by atoms with E-state index in [2.05, 4.69) is 10.6 Å². The molecule has 0 aliphatic heterocycles. The monoisotopic (exact) mass is 357 g/mol. The molecule has 0 fully saturated rings. The van der Waals surface area contributed by atoms with Gasteiger partial charge in [-0.25, -0.2) is 0 Å². The Morgan fingerprint density at radius 3 is 2.70 bits per heavy atom. The maximum atomic E-state index is 13.2. The van der Waals surface area contributed by atoms with Gasteiger partial charge in [-0.05, 0) is 24.3 Å². The molecular formula is C14H10Cl2FN3O3. The van der Waals surface area contributed by atoms with Crippen molar-refractivity contribution in [3.05, 3.63) is 62.4 Å². The van der Waals surface area contributed by atoms with E-state index >= 15 is 0 Å². The highest BCUT2D eigenvalue weighted by Crippen LogP contribution is 2.29. The van der Waals surface area contributed by atoms with Crippen LogP contribution in [0.5, 0.6) is 0 Å². The normalized spacial score (nSPS) is 10.2. The molecule has 0 unspecified atom stereocenters. The summed E-state index contributed by atoms with van der Waals surface area (Å²) in [7, 11) is 0. The zero-order valence-electron chi connectivity index (χ0n) is 11.5. The van der Waals surface area contributed by atoms with Crippen molar-refractivity contribution in [3.63, 3.8) is 0 Å². The molecule has 6 nitrogen and oxygen atoms in total. The molecule has 0 atom stereocenters. The van der Waals surface area contributed by atoms with Crippen LogP contribution in [0.25, 0.3) is 0 Å². The van der Waals surface area contributed by atoms with Crippen LogP contribution in [-0.4, -0.2) is 17.4 Å². The van der Waals surface area contributed by atoms with E-state index in [-0.39, 0.29) is 17.3 Å². The highest BCUT2D eigenvalue weighted by Gasteiger charge is 2.15. The topological polar surface area (TPSA) is 84.3 Å². The van der Waals surface area contributed by atoms with Gasteiger partial charge in [0.1, 0.15) is 0 Å². The lowest BCUT2D eigenvalue weighted by atomic mass is 10.2. The van der Waals surface area contributed by atoms with Crippen molar-refractivity contribution in [1.82, 2.24) is 0 Å². The smallest absolute Gasteiger partial charge is 0.306 e. The molecular weight excluding hydrogens is 348 g/mol. The second kappa shape index (κ2) is 7.26. The summed E-state index contributed by atoms with van der Waals surface area (Å²) < 4.78 is 13.2. The number of carbonyl (C=O) groups is 1. The number of rotatable bonds is 5. The Bertz CT molecular complexity index is 771. The molecule has 0 heterocycles. The average Bonchev–Trinajstić information content (AvgIpc) is 2.51. The van der Waals surface area contributed by atoms with E-state index in [0.29, 0.717) is 10.7 Å². The van der Waals surface area contributed by atoms with Gasteiger partial charge in [-0.2, -0.15) is 4.39 Å². The Kier molecular flexibility index (Phi) is 5.36. The van der Waals surface area contributed by atoms with E-state index in [1.165, 1.54) is 6.07 Å². The number of nitrogens with zero attached hydrogens (tertiary/aromatic N) is 1. The Labute approximate surface area is 140 Å². The Balaban J connectivity index is 2.01. The first-order valence-corrected chi connectivity index (χ1v) is 7.05. The van der Waals surface area contributed by atoms with Gasteiger partial charge in [-0.3, -0.25) is 14.9 Å². The number of amides is 1. The van der Waals surface area contributed by atoms with E-state index in [1.54, 1.807) is 18.2 Å². The van der Waals surface area contributed by atoms with Crippen LogP contribution in [0.2, 0.25) is 10.0 Å². The van der Waals surface area contributed by atoms with E-state index in [1.807, 2.05) is 0 Å². The number of hydrogen-bond donors (Lipinski definition) is 2. The van der Waals surface area contributed by atoms with Gasteiger partial charge in [-0.1, -0.05) is 29.3 Å². The second-order valence-electron chi connectivity index (χ2n) is 4.43. The fourth-order valence-electron chi connectivity index (χ4n) is 1.74. The molecule has 0 bridgehead atoms. The Hall–Kier alpha value is -2.38. The number of nitro groups is 1. The zero-order chi connectivity index (χ0) is 17.0. The lowest BCUT2D eigenvalue weighted by molar-refractivity contribution is -0.387. The lowest BCUT2D eigenvalue weighted by Gasteiger charge is -2.09. The fourth-order valence-corrected chi connectivity index (χ4v) is 2.09. The first-order chi connectivity index (χ1) is 10.9. The first kappa shape index (κ1) is 17.0. The summed E-state index contributed by atoms with van der Waals surface area (Å²) in [5, 5.41) is 16.4. The number of hydrogen-bond acceptors (Lipinski definition) is 4. The number of carbonyl (C=O) groups excluding carboxylic acids is 1. The van der Waals surface area contributed by atoms with Gasteiger partial charge in [0.05, 0.1) is 27.2 Å². The molecule has 2 rings (SSSR count). The summed E-state index contributed by atoms with van der Waals surface area (Å²) >= 11 is 11.8. The highest BCUT2D eigenvalue weighted by molar-refractivity contribution is 6.44. The number of halogens is 3. The third-order valence-electron chi connectivity index (χ3n) is 2.82. The van der Waals surface area contributed by atoms with E-state index in [4.69, 9.17) is 23.2 Å². The molecule has 1 amide bonds. The van der Waals surface area contributed by atoms with E-state index in [0.717, 1.165) is 12.1 Å². The van der Waals surface area contributed by atoms with Crippen molar-refractivity contribution in [2.75, 3.05) is 17.2 Å². The molecule has 0 saturated carbocycles. The van der Waals surface area contributed by atoms with Crippen molar-refractivity contribution in [2.45, 2.75) is 0 Å². The quantitative estimate of drug-likeness (QED) is 0.623. The van der Waals surface area contributed by atoms with Crippen LogP contribution in [0.4, 0.5) is 21.5 Å². The predicted octanol–water partition coefficient (Wildman–Crippen LogP) is 4.09. The molecule has 0 aromatic heterocycles. The van der Waals surface area contributed by atoms with Crippen LogP contribution in [0.15, 0.2) is 36.4 Å². The summed E-state index contributed by atoms with van der Waals surface area (Å²) in [6, 6.07) is 8.04.